The van der Waals surface area contributed by atoms with Gasteiger partial charge >= 0.3 is 0 Å². The SMILES string of the molecule is CCNC(=NCc1cc(F)ccc1CS(C)(=O)=O)NCCCC1CCCC1.I. The molecule has 160 valence electrons. The minimum atomic E-state index is -3.19. The smallest absolute Gasteiger partial charge is 0.191 e. The Bertz CT molecular complexity index is 735. The van der Waals surface area contributed by atoms with Gasteiger partial charge in [0.25, 0.3) is 0 Å². The van der Waals surface area contributed by atoms with Crippen molar-refractivity contribution >= 4 is 39.8 Å². The zero-order chi connectivity index (χ0) is 19.7. The predicted molar refractivity (Wildman–Crippen MR) is 124 cm³/mol. The van der Waals surface area contributed by atoms with Crippen molar-refractivity contribution in [3.05, 3.63) is 35.1 Å². The van der Waals surface area contributed by atoms with E-state index in [0.29, 0.717) is 17.1 Å². The number of aliphatic imine (C=N–C) groups is 1. The number of nitrogens with one attached hydrogen (secondary N) is 2. The molecule has 1 aliphatic carbocycles. The van der Waals surface area contributed by atoms with Crippen molar-refractivity contribution in [2.24, 2.45) is 10.9 Å². The fourth-order valence-corrected chi connectivity index (χ4v) is 4.41. The lowest BCUT2D eigenvalue weighted by molar-refractivity contribution is 0.481. The van der Waals surface area contributed by atoms with Gasteiger partial charge in [-0.15, -0.1) is 24.0 Å². The molecule has 0 aromatic heterocycles. The van der Waals surface area contributed by atoms with Crippen LogP contribution in [0.1, 0.15) is 56.6 Å². The molecule has 0 atom stereocenters. The van der Waals surface area contributed by atoms with E-state index in [1.165, 1.54) is 56.6 Å². The van der Waals surface area contributed by atoms with E-state index in [9.17, 15) is 12.8 Å². The molecule has 2 rings (SSSR count). The molecule has 2 N–H and O–H groups in total. The molecular formula is C20H33FIN3O2S. The summed E-state index contributed by atoms with van der Waals surface area (Å²) in [6.07, 6.45) is 8.98. The van der Waals surface area contributed by atoms with Gasteiger partial charge in [-0.05, 0) is 48.9 Å². The Morgan fingerprint density at radius 2 is 1.93 bits per heavy atom. The normalized spacial score (nSPS) is 15.3. The number of nitrogens with zero attached hydrogens (tertiary/aromatic N) is 1. The summed E-state index contributed by atoms with van der Waals surface area (Å²) in [7, 11) is -3.19. The van der Waals surface area contributed by atoms with Crippen LogP contribution in [0.5, 0.6) is 0 Å². The molecule has 28 heavy (non-hydrogen) atoms. The maximum atomic E-state index is 13.6. The van der Waals surface area contributed by atoms with Crippen LogP contribution in [0.15, 0.2) is 23.2 Å². The number of hydrogen-bond donors (Lipinski definition) is 2. The van der Waals surface area contributed by atoms with Gasteiger partial charge in [0, 0.05) is 19.3 Å². The van der Waals surface area contributed by atoms with Crippen LogP contribution in [0, 0.1) is 11.7 Å². The van der Waals surface area contributed by atoms with Crippen LogP contribution < -0.4 is 10.6 Å². The first-order chi connectivity index (χ1) is 12.9. The molecule has 1 aromatic carbocycles. The van der Waals surface area contributed by atoms with Gasteiger partial charge in [0.1, 0.15) is 5.82 Å². The molecule has 0 spiro atoms. The summed E-state index contributed by atoms with van der Waals surface area (Å²) in [5, 5.41) is 6.51. The average molecular weight is 525 g/mol. The van der Waals surface area contributed by atoms with E-state index >= 15 is 0 Å². The van der Waals surface area contributed by atoms with Crippen LogP contribution in [-0.4, -0.2) is 33.7 Å². The first kappa shape index (κ1) is 25.1. The van der Waals surface area contributed by atoms with Crippen LogP contribution in [0.3, 0.4) is 0 Å². The zero-order valence-corrected chi connectivity index (χ0v) is 20.0. The van der Waals surface area contributed by atoms with Crippen molar-refractivity contribution in [2.75, 3.05) is 19.3 Å². The zero-order valence-electron chi connectivity index (χ0n) is 16.8. The van der Waals surface area contributed by atoms with Crippen LogP contribution in [0.4, 0.5) is 4.39 Å². The fourth-order valence-electron chi connectivity index (χ4n) is 3.57. The number of guanidine groups is 1. The van der Waals surface area contributed by atoms with Crippen LogP contribution >= 0.6 is 24.0 Å². The summed E-state index contributed by atoms with van der Waals surface area (Å²) in [6, 6.07) is 4.19. The molecule has 1 aliphatic rings. The van der Waals surface area contributed by atoms with Gasteiger partial charge in [-0.1, -0.05) is 31.7 Å². The minimum Gasteiger partial charge on any atom is -0.357 e. The van der Waals surface area contributed by atoms with Crippen LogP contribution in [0.25, 0.3) is 0 Å². The minimum absolute atomic E-state index is 0. The summed E-state index contributed by atoms with van der Waals surface area (Å²) in [4.78, 5) is 4.52. The van der Waals surface area contributed by atoms with Crippen molar-refractivity contribution in [2.45, 2.75) is 57.7 Å². The van der Waals surface area contributed by atoms with Gasteiger partial charge in [0.15, 0.2) is 15.8 Å². The number of hydrogen-bond acceptors (Lipinski definition) is 3. The van der Waals surface area contributed by atoms with Crippen molar-refractivity contribution < 1.29 is 12.8 Å². The molecule has 1 fully saturated rings. The Balaban J connectivity index is 0.00000392. The second-order valence-electron chi connectivity index (χ2n) is 7.40. The van der Waals surface area contributed by atoms with Gasteiger partial charge in [-0.25, -0.2) is 17.8 Å². The Morgan fingerprint density at radius 3 is 2.57 bits per heavy atom. The van der Waals surface area contributed by atoms with Crippen molar-refractivity contribution in [1.82, 2.24) is 10.6 Å². The highest BCUT2D eigenvalue weighted by Crippen LogP contribution is 2.28. The molecule has 1 saturated carbocycles. The molecule has 0 saturated heterocycles. The van der Waals surface area contributed by atoms with Crippen molar-refractivity contribution in [1.29, 1.82) is 0 Å². The van der Waals surface area contributed by atoms with E-state index in [2.05, 4.69) is 15.6 Å². The first-order valence-corrected chi connectivity index (χ1v) is 11.9. The van der Waals surface area contributed by atoms with Gasteiger partial charge in [-0.2, -0.15) is 0 Å². The molecule has 8 heteroatoms. The highest BCUT2D eigenvalue weighted by atomic mass is 127. The first-order valence-electron chi connectivity index (χ1n) is 9.84. The Hall–Kier alpha value is -0.900. The molecule has 1 aromatic rings. The van der Waals surface area contributed by atoms with Gasteiger partial charge in [0.2, 0.25) is 0 Å². The number of benzene rings is 1. The van der Waals surface area contributed by atoms with E-state index in [0.717, 1.165) is 25.4 Å². The van der Waals surface area contributed by atoms with Crippen LogP contribution in [-0.2, 0) is 22.1 Å². The third-order valence-electron chi connectivity index (χ3n) is 4.89. The summed E-state index contributed by atoms with van der Waals surface area (Å²) in [5.74, 6) is 1.06. The van der Waals surface area contributed by atoms with Crippen LogP contribution in [0.2, 0.25) is 0 Å². The fraction of sp³-hybridized carbons (Fsp3) is 0.650. The highest BCUT2D eigenvalue weighted by Gasteiger charge is 2.14. The second kappa shape index (κ2) is 12.6. The van der Waals surface area contributed by atoms with Gasteiger partial charge in [0.05, 0.1) is 12.3 Å². The average Bonchev–Trinajstić information content (AvgIpc) is 3.10. The highest BCUT2D eigenvalue weighted by molar-refractivity contribution is 14.0. The maximum Gasteiger partial charge on any atom is 0.191 e. The molecule has 0 bridgehead atoms. The predicted octanol–water partition coefficient (Wildman–Crippen LogP) is 4.01. The number of sulfone groups is 1. The Morgan fingerprint density at radius 1 is 1.21 bits per heavy atom. The number of halogens is 2. The molecular weight excluding hydrogens is 492 g/mol. The number of rotatable bonds is 9. The molecule has 0 aliphatic heterocycles. The lowest BCUT2D eigenvalue weighted by atomic mass is 10.0. The van der Waals surface area contributed by atoms with Crippen molar-refractivity contribution in [3.63, 3.8) is 0 Å². The maximum absolute atomic E-state index is 13.6. The largest absolute Gasteiger partial charge is 0.357 e. The van der Waals surface area contributed by atoms with Crippen molar-refractivity contribution in [3.8, 4) is 0 Å². The lowest BCUT2D eigenvalue weighted by Crippen LogP contribution is -2.37. The van der Waals surface area contributed by atoms with E-state index in [1.807, 2.05) is 6.92 Å². The van der Waals surface area contributed by atoms with E-state index in [1.54, 1.807) is 0 Å². The molecule has 5 nitrogen and oxygen atoms in total. The standard InChI is InChI=1S/C20H32FN3O2S.HI/c1-3-22-20(23-12-6-9-16-7-4-5-8-16)24-14-18-13-19(21)11-10-17(18)15-27(2,25)26;/h10-11,13,16H,3-9,12,14-15H2,1-2H3,(H2,22,23,24);1H. The summed E-state index contributed by atoms with van der Waals surface area (Å²) in [6.45, 7) is 3.81. The quantitative estimate of drug-likeness (QED) is 0.221. The molecule has 0 unspecified atom stereocenters. The molecule has 0 heterocycles. The van der Waals surface area contributed by atoms with E-state index < -0.39 is 9.84 Å². The Labute approximate surface area is 185 Å². The van der Waals surface area contributed by atoms with E-state index in [4.69, 9.17) is 0 Å². The Kier molecular flexibility index (Phi) is 11.3. The lowest BCUT2D eigenvalue weighted by Gasteiger charge is -2.14. The summed E-state index contributed by atoms with van der Waals surface area (Å²) in [5.41, 5.74) is 1.20. The summed E-state index contributed by atoms with van der Waals surface area (Å²) < 4.78 is 36.8. The monoisotopic (exact) mass is 525 g/mol. The van der Waals surface area contributed by atoms with Gasteiger partial charge in [-0.3, -0.25) is 0 Å². The molecule has 0 radical (unpaired) electrons. The summed E-state index contributed by atoms with van der Waals surface area (Å²) >= 11 is 0. The molecule has 0 amide bonds. The van der Waals surface area contributed by atoms with Gasteiger partial charge < -0.3 is 10.6 Å². The topological polar surface area (TPSA) is 70.6 Å². The second-order valence-corrected chi connectivity index (χ2v) is 9.54. The van der Waals surface area contributed by atoms with E-state index in [-0.39, 0.29) is 42.1 Å². The third kappa shape index (κ3) is 9.54. The third-order valence-corrected chi connectivity index (χ3v) is 5.73.